The van der Waals surface area contributed by atoms with Gasteiger partial charge < -0.3 is 38.6 Å². The maximum Gasteiger partial charge on any atom is 0.409 e. The van der Waals surface area contributed by atoms with Crippen molar-refractivity contribution in [2.45, 2.75) is 114 Å². The predicted molar refractivity (Wildman–Crippen MR) is 199 cm³/mol. The largest absolute Gasteiger partial charge is 0.495 e. The number of hydrogen-bond donors (Lipinski definition) is 3. The number of ether oxygens (including phenoxy) is 5. The number of likely N-dealkylation sites (N-methyl/N-ethyl adjacent to an activating group) is 1. The summed E-state index contributed by atoms with van der Waals surface area (Å²) in [7, 11) is 6.02. The molecule has 3 aliphatic heterocycles. The molecule has 4 rings (SSSR count). The maximum atomic E-state index is 14.1. The van der Waals surface area contributed by atoms with Crippen LogP contribution in [0.2, 0.25) is 5.02 Å². The average molecular weight is 766 g/mol. The molecule has 13 nitrogen and oxygen atoms in total. The van der Waals surface area contributed by atoms with E-state index in [4.69, 9.17) is 35.3 Å². The van der Waals surface area contributed by atoms with E-state index in [1.807, 2.05) is 19.9 Å². The van der Waals surface area contributed by atoms with Gasteiger partial charge in [0.1, 0.15) is 40.7 Å². The number of carbonyl (C=O) groups excluding carboxylic acids is 4. The number of amides is 3. The Balaban J connectivity index is 1.75. The molecule has 2 fully saturated rings. The number of benzene rings is 1. The number of allylic oxidation sites excluding steroid dienone is 3. The van der Waals surface area contributed by atoms with Gasteiger partial charge in [0, 0.05) is 40.0 Å². The number of nitrogens with one attached hydrogen (secondary N) is 1. The summed E-state index contributed by atoms with van der Waals surface area (Å²) in [6.45, 7) is 8.88. The Bertz CT molecular complexity index is 1590. The zero-order chi connectivity index (χ0) is 38.7. The minimum Gasteiger partial charge on any atom is -0.495 e. The molecule has 3 aliphatic rings. The topological polar surface area (TPSA) is 156 Å². The lowest BCUT2D eigenvalue weighted by atomic mass is 9.83. The van der Waals surface area contributed by atoms with Crippen LogP contribution >= 0.6 is 24.2 Å². The molecule has 4 bridgehead atoms. The summed E-state index contributed by atoms with van der Waals surface area (Å²) >= 11 is 11.1. The lowest BCUT2D eigenvalue weighted by Crippen LogP contribution is -2.63. The Kier molecular flexibility index (Phi) is 13.4. The Morgan fingerprint density at radius 3 is 2.58 bits per heavy atom. The van der Waals surface area contributed by atoms with Crippen molar-refractivity contribution in [3.63, 3.8) is 0 Å². The van der Waals surface area contributed by atoms with E-state index in [0.717, 1.165) is 11.1 Å². The molecule has 2 saturated heterocycles. The van der Waals surface area contributed by atoms with Crippen LogP contribution < -0.4 is 15.0 Å². The Hall–Kier alpha value is -3.30. The summed E-state index contributed by atoms with van der Waals surface area (Å²) < 4.78 is 29.2. The van der Waals surface area contributed by atoms with E-state index in [-0.39, 0.29) is 35.4 Å². The van der Waals surface area contributed by atoms with Crippen molar-refractivity contribution in [1.82, 2.24) is 10.2 Å². The summed E-state index contributed by atoms with van der Waals surface area (Å²) in [5.41, 5.74) is -0.906. The SMILES string of the molecule is COc1cc2cc(c1Cl)N(C)C(=O)CC(OC(=O)[C@H](C)N(C)C(=O)CCC(C)S)C1(C)OC1C(C)C1CC(O)(NC(=O)O1)C(OC)/C=C/C=C(\C)C2. The molecule has 1 aromatic carbocycles. The van der Waals surface area contributed by atoms with Gasteiger partial charge in [0.2, 0.25) is 11.8 Å². The number of rotatable bonds is 8. The van der Waals surface area contributed by atoms with E-state index in [2.05, 4.69) is 17.9 Å². The molecule has 3 heterocycles. The summed E-state index contributed by atoms with van der Waals surface area (Å²) in [6.07, 6.45) is 1.69. The van der Waals surface area contributed by atoms with Gasteiger partial charge in [-0.05, 0) is 56.6 Å². The van der Waals surface area contributed by atoms with Gasteiger partial charge in [0.15, 0.2) is 5.72 Å². The third-order valence-electron chi connectivity index (χ3n) is 10.3. The lowest BCUT2D eigenvalue weighted by molar-refractivity contribution is -0.162. The van der Waals surface area contributed by atoms with Gasteiger partial charge in [0.25, 0.3) is 0 Å². The minimum atomic E-state index is -1.82. The fraction of sp³-hybridized carbons (Fsp3) is 0.622. The van der Waals surface area contributed by atoms with Crippen LogP contribution in [0.4, 0.5) is 10.5 Å². The standard InChI is InChI=1S/C37H52ClN3O10S/c1-20-11-10-12-28(48-9)37(46)19-27(49-35(45)39-37)22(3)33-36(5,51-33)29(50-34(44)23(4)40(6)30(42)14-13-21(2)52)18-31(43)41(7)25-16-24(15-20)17-26(47-8)32(25)38/h10-12,16-17,21-23,27-29,33,46,52H,13-15,18-19H2,1-9H3,(H,39,45)/b12-10+,20-11+/t21?,22?,23-,27?,28?,29?,33?,36?,37?/m0/s1. The van der Waals surface area contributed by atoms with Crippen LogP contribution in [0.15, 0.2) is 35.9 Å². The number of thiol groups is 1. The molecule has 3 amide bonds. The number of methoxy groups -OCH3 is 2. The molecule has 0 aliphatic carbocycles. The first kappa shape index (κ1) is 41.5. The number of esters is 1. The molecule has 8 unspecified atom stereocenters. The molecular weight excluding hydrogens is 714 g/mol. The molecule has 52 heavy (non-hydrogen) atoms. The number of hydrogen-bond acceptors (Lipinski definition) is 11. The zero-order valence-corrected chi connectivity index (χ0v) is 33.0. The highest BCUT2D eigenvalue weighted by molar-refractivity contribution is 7.80. The molecule has 0 saturated carbocycles. The highest BCUT2D eigenvalue weighted by Crippen LogP contribution is 2.49. The second-order valence-electron chi connectivity index (χ2n) is 14.3. The molecular formula is C37H52ClN3O10S. The van der Waals surface area contributed by atoms with Crippen molar-refractivity contribution in [3.8, 4) is 5.75 Å². The summed E-state index contributed by atoms with van der Waals surface area (Å²) in [5.74, 6) is -1.56. The van der Waals surface area contributed by atoms with Crippen molar-refractivity contribution in [2.24, 2.45) is 5.92 Å². The quantitative estimate of drug-likeness (QED) is 0.194. The average Bonchev–Trinajstić information content (AvgIpc) is 3.79. The van der Waals surface area contributed by atoms with E-state index < -0.39 is 65.7 Å². The van der Waals surface area contributed by atoms with Crippen LogP contribution in [-0.2, 0) is 39.8 Å². The van der Waals surface area contributed by atoms with E-state index in [9.17, 15) is 24.3 Å². The van der Waals surface area contributed by atoms with E-state index in [0.29, 0.717) is 24.3 Å². The molecule has 2 N–H and O–H groups in total. The third-order valence-corrected chi connectivity index (χ3v) is 10.9. The van der Waals surface area contributed by atoms with Crippen molar-refractivity contribution in [1.29, 1.82) is 0 Å². The molecule has 288 valence electrons. The molecule has 1 aromatic rings. The van der Waals surface area contributed by atoms with Crippen molar-refractivity contribution in [2.75, 3.05) is 33.2 Å². The number of halogens is 1. The van der Waals surface area contributed by atoms with Crippen LogP contribution in [0, 0.1) is 5.92 Å². The Morgan fingerprint density at radius 1 is 1.25 bits per heavy atom. The van der Waals surface area contributed by atoms with Gasteiger partial charge in [0.05, 0.1) is 25.3 Å². The summed E-state index contributed by atoms with van der Waals surface area (Å²) in [5, 5.41) is 14.5. The summed E-state index contributed by atoms with van der Waals surface area (Å²) in [6, 6.07) is 2.61. The zero-order valence-electron chi connectivity index (χ0n) is 31.3. The molecule has 0 radical (unpaired) electrons. The van der Waals surface area contributed by atoms with Gasteiger partial charge in [-0.3, -0.25) is 14.9 Å². The van der Waals surface area contributed by atoms with E-state index in [1.54, 1.807) is 52.1 Å². The fourth-order valence-corrected chi connectivity index (χ4v) is 7.17. The smallest absolute Gasteiger partial charge is 0.409 e. The van der Waals surface area contributed by atoms with Gasteiger partial charge in [-0.1, -0.05) is 49.2 Å². The second kappa shape index (κ2) is 16.8. The highest BCUT2D eigenvalue weighted by Gasteiger charge is 2.64. The van der Waals surface area contributed by atoms with Crippen LogP contribution in [0.1, 0.15) is 65.9 Å². The summed E-state index contributed by atoms with van der Waals surface area (Å²) in [4.78, 5) is 56.2. The van der Waals surface area contributed by atoms with Crippen LogP contribution in [0.5, 0.6) is 5.75 Å². The predicted octanol–water partition coefficient (Wildman–Crippen LogP) is 4.61. The first-order valence-corrected chi connectivity index (χ1v) is 18.3. The number of fused-ring (bicyclic) bond motifs is 5. The van der Waals surface area contributed by atoms with Gasteiger partial charge in [-0.15, -0.1) is 0 Å². The number of aliphatic hydroxyl groups is 1. The maximum absolute atomic E-state index is 14.1. The number of epoxide rings is 1. The number of nitrogens with zero attached hydrogens (tertiary/aromatic N) is 2. The Morgan fingerprint density at radius 2 is 1.94 bits per heavy atom. The van der Waals surface area contributed by atoms with Crippen LogP contribution in [-0.4, -0.2) is 109 Å². The normalized spacial score (nSPS) is 32.2. The lowest BCUT2D eigenvalue weighted by Gasteiger charge is -2.42. The third kappa shape index (κ3) is 9.25. The van der Waals surface area contributed by atoms with Crippen LogP contribution in [0.25, 0.3) is 0 Å². The Labute approximate surface area is 316 Å². The first-order chi connectivity index (χ1) is 24.3. The minimum absolute atomic E-state index is 0.00636. The van der Waals surface area contributed by atoms with Crippen molar-refractivity contribution >= 4 is 53.8 Å². The van der Waals surface area contributed by atoms with Gasteiger partial charge in [-0.25, -0.2) is 9.59 Å². The number of alkyl carbamates (subject to hydrolysis) is 1. The first-order valence-electron chi connectivity index (χ1n) is 17.4. The number of carbonyl (C=O) groups is 4. The number of anilines is 1. The molecule has 9 atom stereocenters. The van der Waals surface area contributed by atoms with Gasteiger partial charge >= 0.3 is 12.1 Å². The fourth-order valence-electron chi connectivity index (χ4n) is 6.73. The van der Waals surface area contributed by atoms with E-state index in [1.165, 1.54) is 31.1 Å². The van der Waals surface area contributed by atoms with Gasteiger partial charge in [-0.2, -0.15) is 12.6 Å². The molecule has 0 spiro atoms. The van der Waals surface area contributed by atoms with Crippen molar-refractivity contribution in [3.05, 3.63) is 46.5 Å². The van der Waals surface area contributed by atoms with Crippen LogP contribution in [0.3, 0.4) is 0 Å². The molecule has 15 heteroatoms. The monoisotopic (exact) mass is 765 g/mol. The highest BCUT2D eigenvalue weighted by atomic mass is 35.5. The molecule has 0 aromatic heterocycles. The second-order valence-corrected chi connectivity index (χ2v) is 15.6. The van der Waals surface area contributed by atoms with Crippen molar-refractivity contribution < 1.29 is 48.0 Å². The van der Waals surface area contributed by atoms with E-state index >= 15 is 0 Å².